The molecule has 1 unspecified atom stereocenters. The van der Waals surface area contributed by atoms with E-state index in [1.165, 1.54) is 18.9 Å². The molecule has 19 heavy (non-hydrogen) atoms. The van der Waals surface area contributed by atoms with Crippen LogP contribution in [0.15, 0.2) is 28.7 Å². The lowest BCUT2D eigenvalue weighted by Crippen LogP contribution is -2.40. The minimum Gasteiger partial charge on any atom is -0.493 e. The van der Waals surface area contributed by atoms with Gasteiger partial charge in [-0.2, -0.15) is 0 Å². The molecule has 0 fully saturated rings. The first-order chi connectivity index (χ1) is 8.91. The van der Waals surface area contributed by atoms with Crippen LogP contribution in [0.1, 0.15) is 13.3 Å². The summed E-state index contributed by atoms with van der Waals surface area (Å²) in [6.45, 7) is 1.68. The van der Waals surface area contributed by atoms with Crippen molar-refractivity contribution >= 4 is 27.8 Å². The smallest absolute Gasteiger partial charge is 0.326 e. The molecule has 0 aliphatic heterocycles. The third kappa shape index (κ3) is 4.90. The van der Waals surface area contributed by atoms with Gasteiger partial charge < -0.3 is 14.7 Å². The number of carboxylic acid groups (broad SMARTS) is 1. The highest BCUT2D eigenvalue weighted by Gasteiger charge is 2.21. The van der Waals surface area contributed by atoms with Crippen molar-refractivity contribution in [2.24, 2.45) is 0 Å². The summed E-state index contributed by atoms with van der Waals surface area (Å²) < 4.78 is 6.32. The van der Waals surface area contributed by atoms with Gasteiger partial charge in [0.15, 0.2) is 0 Å². The maximum absolute atomic E-state index is 11.7. The minimum absolute atomic E-state index is 0.140. The van der Waals surface area contributed by atoms with Crippen molar-refractivity contribution in [3.8, 4) is 5.75 Å². The molecule has 0 heterocycles. The topological polar surface area (TPSA) is 66.8 Å². The number of carbonyl (C=O) groups excluding carboxylic acids is 1. The van der Waals surface area contributed by atoms with E-state index in [0.29, 0.717) is 5.75 Å². The molecule has 0 saturated carbocycles. The number of benzene rings is 1. The Kier molecular flexibility index (Phi) is 5.82. The van der Waals surface area contributed by atoms with Gasteiger partial charge in [0.25, 0.3) is 0 Å². The van der Waals surface area contributed by atoms with E-state index in [1.807, 2.05) is 12.1 Å². The van der Waals surface area contributed by atoms with Gasteiger partial charge in [0.05, 0.1) is 13.0 Å². The van der Waals surface area contributed by atoms with Gasteiger partial charge in [0.1, 0.15) is 11.8 Å². The van der Waals surface area contributed by atoms with E-state index in [2.05, 4.69) is 15.9 Å². The van der Waals surface area contributed by atoms with Crippen LogP contribution >= 0.6 is 15.9 Å². The third-order valence-electron chi connectivity index (χ3n) is 2.71. The zero-order valence-corrected chi connectivity index (χ0v) is 12.4. The molecule has 0 saturated heterocycles. The zero-order valence-electron chi connectivity index (χ0n) is 10.8. The fourth-order valence-corrected chi connectivity index (χ4v) is 1.75. The zero-order chi connectivity index (χ0) is 14.4. The van der Waals surface area contributed by atoms with E-state index in [4.69, 9.17) is 9.84 Å². The molecule has 0 aliphatic carbocycles. The van der Waals surface area contributed by atoms with Gasteiger partial charge in [-0.3, -0.25) is 4.79 Å². The average Bonchev–Trinajstić information content (AvgIpc) is 2.36. The number of rotatable bonds is 6. The van der Waals surface area contributed by atoms with Crippen LogP contribution in [0.5, 0.6) is 5.75 Å². The summed E-state index contributed by atoms with van der Waals surface area (Å²) in [5, 5.41) is 8.80. The lowest BCUT2D eigenvalue weighted by atomic mass is 10.2. The Hall–Kier alpha value is -1.56. The molecule has 0 spiro atoms. The van der Waals surface area contributed by atoms with E-state index in [-0.39, 0.29) is 18.9 Å². The summed E-state index contributed by atoms with van der Waals surface area (Å²) >= 11 is 3.32. The van der Waals surface area contributed by atoms with E-state index < -0.39 is 12.0 Å². The number of ether oxygens (including phenoxy) is 1. The Bertz CT molecular complexity index is 464. The van der Waals surface area contributed by atoms with Crippen LogP contribution in [0.2, 0.25) is 0 Å². The number of likely N-dealkylation sites (N-methyl/N-ethyl adjacent to an activating group) is 1. The number of carboxylic acids is 1. The lowest BCUT2D eigenvalue weighted by Gasteiger charge is -2.21. The molecule has 0 bridgehead atoms. The van der Waals surface area contributed by atoms with Crippen LogP contribution < -0.4 is 4.74 Å². The summed E-state index contributed by atoms with van der Waals surface area (Å²) in [6, 6.07) is 6.46. The lowest BCUT2D eigenvalue weighted by molar-refractivity contribution is -0.148. The van der Waals surface area contributed by atoms with Crippen LogP contribution in [0, 0.1) is 0 Å². The average molecular weight is 330 g/mol. The van der Waals surface area contributed by atoms with Crippen LogP contribution in [0.3, 0.4) is 0 Å². The first-order valence-corrected chi connectivity index (χ1v) is 6.58. The Morgan fingerprint density at radius 3 is 2.74 bits per heavy atom. The normalized spacial score (nSPS) is 11.7. The number of hydrogen-bond donors (Lipinski definition) is 1. The fraction of sp³-hybridized carbons (Fsp3) is 0.385. The first-order valence-electron chi connectivity index (χ1n) is 5.78. The van der Waals surface area contributed by atoms with Gasteiger partial charge in [-0.05, 0) is 25.1 Å². The Morgan fingerprint density at radius 1 is 1.47 bits per heavy atom. The summed E-state index contributed by atoms with van der Waals surface area (Å²) in [6.07, 6.45) is 0.140. The second-order valence-corrected chi connectivity index (χ2v) is 4.99. The number of hydrogen-bond acceptors (Lipinski definition) is 3. The number of carbonyl (C=O) groups is 2. The van der Waals surface area contributed by atoms with Crippen LogP contribution in [0.4, 0.5) is 0 Å². The predicted octanol–water partition coefficient (Wildman–Crippen LogP) is 2.15. The largest absolute Gasteiger partial charge is 0.493 e. The van der Waals surface area contributed by atoms with E-state index in [9.17, 15) is 9.59 Å². The van der Waals surface area contributed by atoms with Crippen LogP contribution in [-0.2, 0) is 9.59 Å². The van der Waals surface area contributed by atoms with Crippen molar-refractivity contribution in [3.63, 3.8) is 0 Å². The molecule has 0 aliphatic rings. The quantitative estimate of drug-likeness (QED) is 0.868. The second-order valence-electron chi connectivity index (χ2n) is 4.07. The number of aliphatic carboxylic acids is 1. The summed E-state index contributed by atoms with van der Waals surface area (Å²) in [5.74, 6) is -0.621. The molecule has 6 heteroatoms. The van der Waals surface area contributed by atoms with E-state index in [1.54, 1.807) is 12.1 Å². The van der Waals surface area contributed by atoms with Crippen molar-refractivity contribution < 1.29 is 19.4 Å². The molecule has 0 radical (unpaired) electrons. The van der Waals surface area contributed by atoms with Crippen molar-refractivity contribution in [3.05, 3.63) is 28.7 Å². The van der Waals surface area contributed by atoms with Gasteiger partial charge in [-0.1, -0.05) is 22.0 Å². The van der Waals surface area contributed by atoms with Gasteiger partial charge in [0.2, 0.25) is 5.91 Å². The molecule has 104 valence electrons. The highest BCUT2D eigenvalue weighted by atomic mass is 79.9. The number of amides is 1. The fourth-order valence-electron chi connectivity index (χ4n) is 1.37. The molecule has 1 aromatic rings. The van der Waals surface area contributed by atoms with E-state index in [0.717, 1.165) is 4.47 Å². The Balaban J connectivity index is 2.41. The first kappa shape index (κ1) is 15.5. The molecular formula is C13H16BrNO4. The maximum atomic E-state index is 11.7. The van der Waals surface area contributed by atoms with Crippen molar-refractivity contribution in [2.75, 3.05) is 13.7 Å². The molecule has 1 amide bonds. The molecule has 1 atom stereocenters. The van der Waals surface area contributed by atoms with Crippen molar-refractivity contribution in [1.82, 2.24) is 4.90 Å². The highest BCUT2D eigenvalue weighted by Crippen LogP contribution is 2.17. The van der Waals surface area contributed by atoms with Crippen LogP contribution in [-0.4, -0.2) is 41.6 Å². The SMILES string of the molecule is CC(C(=O)O)N(C)C(=O)CCOc1cccc(Br)c1. The standard InChI is InChI=1S/C13H16BrNO4/c1-9(13(17)18)15(2)12(16)6-7-19-11-5-3-4-10(14)8-11/h3-5,8-9H,6-7H2,1-2H3,(H,17,18). The molecule has 1 rings (SSSR count). The predicted molar refractivity (Wildman–Crippen MR) is 74.1 cm³/mol. The summed E-state index contributed by atoms with van der Waals surface area (Å²) in [7, 11) is 1.47. The summed E-state index contributed by atoms with van der Waals surface area (Å²) in [4.78, 5) is 23.7. The van der Waals surface area contributed by atoms with Crippen molar-refractivity contribution in [2.45, 2.75) is 19.4 Å². The Morgan fingerprint density at radius 2 is 2.16 bits per heavy atom. The third-order valence-corrected chi connectivity index (χ3v) is 3.21. The Labute approximate surface area is 120 Å². The highest BCUT2D eigenvalue weighted by molar-refractivity contribution is 9.10. The van der Waals surface area contributed by atoms with Gasteiger partial charge in [-0.15, -0.1) is 0 Å². The monoisotopic (exact) mass is 329 g/mol. The van der Waals surface area contributed by atoms with Gasteiger partial charge in [-0.25, -0.2) is 4.79 Å². The molecular weight excluding hydrogens is 314 g/mol. The second kappa shape index (κ2) is 7.13. The molecule has 0 aromatic heterocycles. The minimum atomic E-state index is -1.02. The molecule has 5 nitrogen and oxygen atoms in total. The molecule has 1 N–H and O–H groups in total. The summed E-state index contributed by atoms with van der Waals surface area (Å²) in [5.41, 5.74) is 0. The van der Waals surface area contributed by atoms with Gasteiger partial charge >= 0.3 is 5.97 Å². The maximum Gasteiger partial charge on any atom is 0.326 e. The van der Waals surface area contributed by atoms with Gasteiger partial charge in [0, 0.05) is 11.5 Å². The number of nitrogens with zero attached hydrogens (tertiary/aromatic N) is 1. The van der Waals surface area contributed by atoms with Crippen molar-refractivity contribution in [1.29, 1.82) is 0 Å². The number of halogens is 1. The van der Waals surface area contributed by atoms with Crippen LogP contribution in [0.25, 0.3) is 0 Å². The molecule has 1 aromatic carbocycles. The van der Waals surface area contributed by atoms with E-state index >= 15 is 0 Å².